The van der Waals surface area contributed by atoms with Gasteiger partial charge in [0.05, 0.1) is 50.7 Å². The van der Waals surface area contributed by atoms with E-state index in [0.717, 1.165) is 51.5 Å². The van der Waals surface area contributed by atoms with E-state index in [-0.39, 0.29) is 36.6 Å². The Labute approximate surface area is 344 Å². The number of aryl methyl sites for hydroxylation is 1. The number of carbonyl (C=O) groups is 1. The van der Waals surface area contributed by atoms with Crippen molar-refractivity contribution in [2.24, 2.45) is 5.92 Å². The lowest BCUT2D eigenvalue weighted by Crippen LogP contribution is -2.54. The quantitative estimate of drug-likeness (QED) is 0.0781. The van der Waals surface area contributed by atoms with E-state index in [2.05, 4.69) is 41.9 Å². The molecule has 0 radical (unpaired) electrons. The van der Waals surface area contributed by atoms with Crippen molar-refractivity contribution in [3.05, 3.63) is 94.1 Å². The molecule has 2 aliphatic heterocycles. The van der Waals surface area contributed by atoms with Crippen LogP contribution in [0, 0.1) is 12.8 Å². The molecule has 5 N–H and O–H groups in total. The first-order valence-corrected chi connectivity index (χ1v) is 21.3. The predicted octanol–water partition coefficient (Wildman–Crippen LogP) is 5.84. The maximum Gasteiger partial charge on any atom is 0.254 e. The summed E-state index contributed by atoms with van der Waals surface area (Å²) in [5.41, 5.74) is 7.03. The summed E-state index contributed by atoms with van der Waals surface area (Å²) in [5, 5.41) is 51.5. The third-order valence-corrected chi connectivity index (χ3v) is 13.2. The van der Waals surface area contributed by atoms with Crippen molar-refractivity contribution in [1.82, 2.24) is 40.8 Å². The summed E-state index contributed by atoms with van der Waals surface area (Å²) in [7, 11) is 0. The largest absolute Gasteiger partial charge is 0.507 e. The number of carbonyl (C=O) groups excluding carboxylic acids is 1. The van der Waals surface area contributed by atoms with Gasteiger partial charge in [-0.3, -0.25) is 19.9 Å². The van der Waals surface area contributed by atoms with Crippen LogP contribution >= 0.6 is 22.7 Å². The second-order valence-electron chi connectivity index (χ2n) is 15.5. The van der Waals surface area contributed by atoms with Crippen molar-refractivity contribution in [1.29, 1.82) is 0 Å². The normalized spacial score (nSPS) is 19.4. The molecule has 5 atom stereocenters. The van der Waals surface area contributed by atoms with Gasteiger partial charge in [0.25, 0.3) is 5.88 Å². The summed E-state index contributed by atoms with van der Waals surface area (Å²) in [6.45, 7) is 11.0. The fourth-order valence-electron chi connectivity index (χ4n) is 7.70. The predicted molar refractivity (Wildman–Crippen MR) is 222 cm³/mol. The number of ether oxygens (including phenoxy) is 1. The van der Waals surface area contributed by atoms with E-state index >= 15 is 0 Å². The minimum absolute atomic E-state index is 0.0121. The molecule has 0 saturated carbocycles. The Kier molecular flexibility index (Phi) is 11.9. The fourth-order valence-corrected chi connectivity index (χ4v) is 9.63. The molecule has 304 valence electrons. The number of thiazole rings is 1. The van der Waals surface area contributed by atoms with Gasteiger partial charge in [-0.05, 0) is 66.7 Å². The Morgan fingerprint density at radius 2 is 1.84 bits per heavy atom. The number of hydrogen-bond donors (Lipinski definition) is 5. The number of benzene rings is 2. The van der Waals surface area contributed by atoms with E-state index in [1.165, 1.54) is 4.88 Å². The van der Waals surface area contributed by atoms with Gasteiger partial charge in [0.1, 0.15) is 17.9 Å². The molecule has 16 heteroatoms. The number of phenols is 1. The number of aromatic nitrogens is 4. The molecule has 2 aromatic carbocycles. The van der Waals surface area contributed by atoms with Crippen LogP contribution in [0.4, 0.5) is 0 Å². The number of nitrogens with zero attached hydrogens (tertiary/aromatic N) is 6. The van der Waals surface area contributed by atoms with Crippen LogP contribution in [0.25, 0.3) is 31.9 Å². The van der Waals surface area contributed by atoms with Gasteiger partial charge in [0.2, 0.25) is 5.91 Å². The van der Waals surface area contributed by atoms with Gasteiger partial charge in [-0.1, -0.05) is 50.2 Å². The van der Waals surface area contributed by atoms with E-state index in [1.54, 1.807) is 45.8 Å². The molecule has 14 nitrogen and oxygen atoms in total. The van der Waals surface area contributed by atoms with Gasteiger partial charge in [-0.25, -0.2) is 4.98 Å². The van der Waals surface area contributed by atoms with E-state index in [0.29, 0.717) is 35.4 Å². The Bertz CT molecular complexity index is 2340. The summed E-state index contributed by atoms with van der Waals surface area (Å²) < 4.78 is 12.7. The first-order valence-electron chi connectivity index (χ1n) is 19.6. The zero-order valence-electron chi connectivity index (χ0n) is 32.8. The molecule has 6 heterocycles. The number of aromatic hydroxyl groups is 1. The Hall–Kier alpha value is -4.81. The molecule has 2 fully saturated rings. The highest BCUT2D eigenvalue weighted by Crippen LogP contribution is 2.37. The molecule has 4 aromatic heterocycles. The number of para-hydroxylation sites is 1. The number of nitrogens with one attached hydrogen (secondary N) is 2. The molecule has 8 rings (SSSR count). The minimum atomic E-state index is -1.24. The molecule has 58 heavy (non-hydrogen) atoms. The van der Waals surface area contributed by atoms with Crippen LogP contribution in [0.3, 0.4) is 0 Å². The van der Waals surface area contributed by atoms with Crippen molar-refractivity contribution >= 4 is 38.8 Å². The first kappa shape index (κ1) is 40.0. The standard InChI is InChI=1S/C42H48N8O6S2/c1-23(2)39(45-42(54)50-21-29(51)15-33(50)41(53)44-24(3)26-9-11-27(12-10-26)40-25(4)43-22-57-40)35-18-38(48-56-35)55-14-13-49-19-28(20-49)36-17-32-37(58-36)16-31(46-47-32)30-7-5-6-8-34(30)52/h5-12,16-18,22-24,28-29,33,39,42,45,51-52,54H,13-15,19-21H2,1-4H3,(H,44,53)/t24-,29+,33-,39+,42?/m0/s1. The van der Waals surface area contributed by atoms with Crippen LogP contribution in [-0.4, -0.2) is 103 Å². The van der Waals surface area contributed by atoms with Gasteiger partial charge in [-0.2, -0.15) is 0 Å². The molecule has 0 spiro atoms. The van der Waals surface area contributed by atoms with Crippen LogP contribution in [0.1, 0.15) is 67.1 Å². The highest BCUT2D eigenvalue weighted by atomic mass is 32.1. The topological polar surface area (TPSA) is 182 Å². The minimum Gasteiger partial charge on any atom is -0.507 e. The Morgan fingerprint density at radius 1 is 1.05 bits per heavy atom. The highest BCUT2D eigenvalue weighted by molar-refractivity contribution is 7.19. The Balaban J connectivity index is 0.814. The smallest absolute Gasteiger partial charge is 0.254 e. The summed E-state index contributed by atoms with van der Waals surface area (Å²) >= 11 is 3.31. The van der Waals surface area contributed by atoms with Gasteiger partial charge >= 0.3 is 0 Å². The van der Waals surface area contributed by atoms with Gasteiger partial charge in [-0.15, -0.1) is 32.9 Å². The number of amides is 1. The lowest BCUT2D eigenvalue weighted by atomic mass is 9.98. The molecule has 2 saturated heterocycles. The summed E-state index contributed by atoms with van der Waals surface area (Å²) in [5.74, 6) is 1.16. The number of β-amino-alcohol motifs (C(OH)–C–C–N with tert-alkyl or cyclic N) is 1. The molecule has 2 aliphatic rings. The van der Waals surface area contributed by atoms with Gasteiger partial charge in [0, 0.05) is 48.6 Å². The molecule has 0 bridgehead atoms. The maximum atomic E-state index is 13.6. The summed E-state index contributed by atoms with van der Waals surface area (Å²) in [6, 6.07) is 19.6. The lowest BCUT2D eigenvalue weighted by Gasteiger charge is -2.38. The van der Waals surface area contributed by atoms with E-state index in [4.69, 9.17) is 9.26 Å². The second kappa shape index (κ2) is 17.2. The number of thiophene rings is 1. The second-order valence-corrected chi connectivity index (χ2v) is 17.5. The number of rotatable bonds is 15. The van der Waals surface area contributed by atoms with E-state index in [9.17, 15) is 20.1 Å². The van der Waals surface area contributed by atoms with Crippen LogP contribution in [0.5, 0.6) is 11.6 Å². The Morgan fingerprint density at radius 3 is 2.59 bits per heavy atom. The molecule has 1 unspecified atom stereocenters. The molecule has 6 aromatic rings. The van der Waals surface area contributed by atoms with Crippen LogP contribution in [0.15, 0.2) is 76.8 Å². The molecule has 1 amide bonds. The molecular formula is C42H48N8O6S2. The SMILES string of the molecule is Cc1ncsc1-c1ccc([C@H](C)NC(=O)[C@@H]2C[C@@H](O)CN2C(O)N[C@@H](c2cc(OCCN3CC(c4cc5nnc(-c6ccccc6O)cc5s4)C3)no2)C(C)C)cc1. The van der Waals surface area contributed by atoms with Crippen LogP contribution in [-0.2, 0) is 4.79 Å². The fraction of sp³-hybridized carbons (Fsp3) is 0.405. The van der Waals surface area contributed by atoms with E-state index < -0.39 is 24.5 Å². The highest BCUT2D eigenvalue weighted by Gasteiger charge is 2.41. The van der Waals surface area contributed by atoms with Crippen molar-refractivity contribution < 1.29 is 29.4 Å². The van der Waals surface area contributed by atoms with Crippen molar-refractivity contribution in [2.75, 3.05) is 32.8 Å². The number of aliphatic hydroxyl groups excluding tert-OH is 2. The number of hydrogen-bond acceptors (Lipinski definition) is 15. The zero-order valence-corrected chi connectivity index (χ0v) is 34.4. The van der Waals surface area contributed by atoms with Crippen molar-refractivity contribution in [3.8, 4) is 33.3 Å². The summed E-state index contributed by atoms with van der Waals surface area (Å²) in [4.78, 5) is 24.2. The monoisotopic (exact) mass is 824 g/mol. The van der Waals surface area contributed by atoms with Crippen LogP contribution < -0.4 is 15.4 Å². The number of fused-ring (bicyclic) bond motifs is 1. The number of likely N-dealkylation sites (tertiary alicyclic amines) is 2. The third kappa shape index (κ3) is 8.64. The molecule has 0 aliphatic carbocycles. The first-order chi connectivity index (χ1) is 28.0. The van der Waals surface area contributed by atoms with Gasteiger partial charge in [0.15, 0.2) is 12.1 Å². The van der Waals surface area contributed by atoms with Crippen molar-refractivity contribution in [2.45, 2.75) is 70.6 Å². The van der Waals surface area contributed by atoms with Crippen LogP contribution in [0.2, 0.25) is 0 Å². The average Bonchev–Trinajstić information content (AvgIpc) is 4.01. The van der Waals surface area contributed by atoms with E-state index in [1.807, 2.05) is 75.7 Å². The number of phenolic OH excluding ortho intramolecular Hbond substituents is 1. The molecular weight excluding hydrogens is 777 g/mol. The third-order valence-electron chi connectivity index (χ3n) is 11.0. The maximum absolute atomic E-state index is 13.6. The van der Waals surface area contributed by atoms with Gasteiger partial charge < -0.3 is 29.9 Å². The number of aliphatic hydroxyl groups is 2. The average molecular weight is 825 g/mol. The zero-order chi connectivity index (χ0) is 40.5. The lowest BCUT2D eigenvalue weighted by molar-refractivity contribution is -0.132. The summed E-state index contributed by atoms with van der Waals surface area (Å²) in [6.07, 6.45) is -1.80. The van der Waals surface area contributed by atoms with Crippen molar-refractivity contribution in [3.63, 3.8) is 0 Å².